The maximum absolute atomic E-state index is 14.0. The highest BCUT2D eigenvalue weighted by atomic mass is 32.1. The molecule has 28 heavy (non-hydrogen) atoms. The first-order valence-electron chi connectivity index (χ1n) is 9.14. The maximum Gasteiger partial charge on any atom is 0.255 e. The van der Waals surface area contributed by atoms with Gasteiger partial charge in [-0.25, -0.2) is 4.39 Å². The lowest BCUT2D eigenvalue weighted by Gasteiger charge is -2.34. The van der Waals surface area contributed by atoms with E-state index in [1.165, 1.54) is 23.2 Å². The van der Waals surface area contributed by atoms with Gasteiger partial charge in [0.15, 0.2) is 0 Å². The second-order valence-corrected chi connectivity index (χ2v) is 7.92. The van der Waals surface area contributed by atoms with Crippen LogP contribution in [0.2, 0.25) is 0 Å². The van der Waals surface area contributed by atoms with Gasteiger partial charge in [0.25, 0.3) is 5.91 Å². The summed E-state index contributed by atoms with van der Waals surface area (Å²) >= 11 is 1.60. The van der Waals surface area contributed by atoms with Crippen LogP contribution in [-0.4, -0.2) is 46.9 Å². The molecule has 0 bridgehead atoms. The van der Waals surface area contributed by atoms with E-state index in [-0.39, 0.29) is 17.3 Å². The van der Waals surface area contributed by atoms with Crippen molar-refractivity contribution < 1.29 is 9.18 Å². The minimum absolute atomic E-state index is 0.0612. The van der Waals surface area contributed by atoms with E-state index < -0.39 is 0 Å². The van der Waals surface area contributed by atoms with Crippen LogP contribution in [0.1, 0.15) is 15.2 Å². The van der Waals surface area contributed by atoms with Gasteiger partial charge in [0.05, 0.1) is 5.56 Å². The molecule has 1 aromatic carbocycles. The molecule has 0 unspecified atom stereocenters. The number of piperazine rings is 1. The fraction of sp³-hybridized carbons (Fsp3) is 0.238. The lowest BCUT2D eigenvalue weighted by molar-refractivity contribution is 0.0629. The van der Waals surface area contributed by atoms with Crippen LogP contribution in [0.3, 0.4) is 0 Å². The fourth-order valence-electron chi connectivity index (χ4n) is 3.32. The SMILES string of the molecule is O=C(c1ccc(=O)[nH]c1)N1CCN(Cc2ccc(-c3ccccc3F)s2)CC1. The van der Waals surface area contributed by atoms with Gasteiger partial charge < -0.3 is 9.88 Å². The van der Waals surface area contributed by atoms with Gasteiger partial charge in [0.1, 0.15) is 5.82 Å². The van der Waals surface area contributed by atoms with Crippen LogP contribution in [0.5, 0.6) is 0 Å². The minimum atomic E-state index is -0.216. The summed E-state index contributed by atoms with van der Waals surface area (Å²) < 4.78 is 14.0. The van der Waals surface area contributed by atoms with Gasteiger partial charge >= 0.3 is 0 Å². The molecule has 1 N–H and O–H groups in total. The normalized spacial score (nSPS) is 15.0. The summed E-state index contributed by atoms with van der Waals surface area (Å²) in [5.41, 5.74) is 0.919. The zero-order chi connectivity index (χ0) is 19.5. The number of halogens is 1. The van der Waals surface area contributed by atoms with Crippen molar-refractivity contribution >= 4 is 17.2 Å². The number of rotatable bonds is 4. The highest BCUT2D eigenvalue weighted by molar-refractivity contribution is 7.15. The number of carbonyl (C=O) groups is 1. The predicted molar refractivity (Wildman–Crippen MR) is 108 cm³/mol. The number of H-pyrrole nitrogens is 1. The molecule has 3 heterocycles. The maximum atomic E-state index is 14.0. The van der Waals surface area contributed by atoms with Gasteiger partial charge in [-0.3, -0.25) is 14.5 Å². The van der Waals surface area contributed by atoms with E-state index in [4.69, 9.17) is 0 Å². The molecule has 0 spiro atoms. The summed E-state index contributed by atoms with van der Waals surface area (Å²) in [6, 6.07) is 13.8. The van der Waals surface area contributed by atoms with Crippen LogP contribution in [0.4, 0.5) is 4.39 Å². The molecule has 1 aliphatic rings. The molecular formula is C21H20FN3O2S. The summed E-state index contributed by atoms with van der Waals surface area (Å²) in [6.07, 6.45) is 1.47. The van der Waals surface area contributed by atoms with Crippen molar-refractivity contribution in [1.82, 2.24) is 14.8 Å². The molecule has 4 rings (SSSR count). The quantitative estimate of drug-likeness (QED) is 0.736. The molecule has 0 radical (unpaired) electrons. The van der Waals surface area contributed by atoms with Crippen LogP contribution in [0, 0.1) is 5.82 Å². The highest BCUT2D eigenvalue weighted by Gasteiger charge is 2.22. The van der Waals surface area contributed by atoms with Crippen LogP contribution in [0.15, 0.2) is 59.5 Å². The third-order valence-electron chi connectivity index (χ3n) is 4.87. The molecule has 1 aliphatic heterocycles. The van der Waals surface area contributed by atoms with Crippen LogP contribution in [0.25, 0.3) is 10.4 Å². The van der Waals surface area contributed by atoms with Crippen molar-refractivity contribution in [2.45, 2.75) is 6.54 Å². The number of hydrogen-bond acceptors (Lipinski definition) is 4. The predicted octanol–water partition coefficient (Wildman–Crippen LogP) is 3.20. The Morgan fingerprint density at radius 3 is 2.54 bits per heavy atom. The molecule has 2 aromatic heterocycles. The Morgan fingerprint density at radius 2 is 1.82 bits per heavy atom. The number of pyridine rings is 1. The summed E-state index contributed by atoms with van der Waals surface area (Å²) in [5, 5.41) is 0. The van der Waals surface area contributed by atoms with E-state index in [0.717, 1.165) is 24.5 Å². The van der Waals surface area contributed by atoms with E-state index in [9.17, 15) is 14.0 Å². The van der Waals surface area contributed by atoms with Gasteiger partial charge in [-0.05, 0) is 24.3 Å². The third kappa shape index (κ3) is 4.05. The monoisotopic (exact) mass is 397 g/mol. The fourth-order valence-corrected chi connectivity index (χ4v) is 4.40. The molecule has 1 fully saturated rings. The number of thiophene rings is 1. The number of nitrogens with zero attached hydrogens (tertiary/aromatic N) is 2. The van der Waals surface area contributed by atoms with Crippen molar-refractivity contribution in [1.29, 1.82) is 0 Å². The largest absolute Gasteiger partial charge is 0.336 e. The number of nitrogens with one attached hydrogen (secondary N) is 1. The van der Waals surface area contributed by atoms with Crippen LogP contribution >= 0.6 is 11.3 Å². The molecule has 0 saturated carbocycles. The van der Waals surface area contributed by atoms with Crippen LogP contribution in [-0.2, 0) is 6.54 Å². The van der Waals surface area contributed by atoms with Crippen molar-refractivity contribution in [2.24, 2.45) is 0 Å². The van der Waals surface area contributed by atoms with Crippen LogP contribution < -0.4 is 5.56 Å². The molecule has 144 valence electrons. The van der Waals surface area contributed by atoms with Gasteiger partial charge in [-0.15, -0.1) is 11.3 Å². The molecule has 5 nitrogen and oxygen atoms in total. The van der Waals surface area contributed by atoms with E-state index in [1.54, 1.807) is 29.5 Å². The number of carbonyl (C=O) groups excluding carboxylic acids is 1. The molecule has 0 atom stereocenters. The van der Waals surface area contributed by atoms with Gasteiger partial charge in [0, 0.05) is 60.3 Å². The van der Waals surface area contributed by atoms with E-state index >= 15 is 0 Å². The summed E-state index contributed by atoms with van der Waals surface area (Å²) in [5.74, 6) is -0.265. The molecule has 1 saturated heterocycles. The lowest BCUT2D eigenvalue weighted by Crippen LogP contribution is -2.48. The summed E-state index contributed by atoms with van der Waals surface area (Å²) in [7, 11) is 0. The Kier molecular flexibility index (Phi) is 5.36. The van der Waals surface area contributed by atoms with Crippen molar-refractivity contribution in [3.8, 4) is 10.4 Å². The molecular weight excluding hydrogens is 377 g/mol. The first-order valence-corrected chi connectivity index (χ1v) is 9.96. The number of aromatic nitrogens is 1. The number of amides is 1. The Balaban J connectivity index is 1.35. The number of aromatic amines is 1. The van der Waals surface area contributed by atoms with E-state index in [0.29, 0.717) is 24.2 Å². The first kappa shape index (κ1) is 18.6. The zero-order valence-electron chi connectivity index (χ0n) is 15.2. The molecule has 0 aliphatic carbocycles. The van der Waals surface area contributed by atoms with Crippen molar-refractivity contribution in [3.05, 3.63) is 81.3 Å². The Morgan fingerprint density at radius 1 is 1.04 bits per heavy atom. The molecule has 1 amide bonds. The van der Waals surface area contributed by atoms with E-state index in [1.807, 2.05) is 23.1 Å². The average molecular weight is 397 g/mol. The Bertz CT molecular complexity index is 1020. The zero-order valence-corrected chi connectivity index (χ0v) is 16.0. The second kappa shape index (κ2) is 8.08. The first-order chi connectivity index (χ1) is 13.6. The van der Waals surface area contributed by atoms with Gasteiger partial charge in [-0.2, -0.15) is 0 Å². The smallest absolute Gasteiger partial charge is 0.255 e. The third-order valence-corrected chi connectivity index (χ3v) is 5.97. The van der Waals surface area contributed by atoms with E-state index in [2.05, 4.69) is 9.88 Å². The molecule has 7 heteroatoms. The standard InChI is InChI=1S/C21H20FN3O2S/c22-18-4-2-1-3-17(18)19-7-6-16(28-19)14-24-9-11-25(12-10-24)21(27)15-5-8-20(26)23-13-15/h1-8,13H,9-12,14H2,(H,23,26). The topological polar surface area (TPSA) is 56.4 Å². The average Bonchev–Trinajstić information content (AvgIpc) is 3.17. The van der Waals surface area contributed by atoms with Gasteiger partial charge in [-0.1, -0.05) is 18.2 Å². The molecule has 3 aromatic rings. The van der Waals surface area contributed by atoms with Crippen molar-refractivity contribution in [2.75, 3.05) is 26.2 Å². The highest BCUT2D eigenvalue weighted by Crippen LogP contribution is 2.30. The lowest BCUT2D eigenvalue weighted by atomic mass is 10.2. The number of benzene rings is 1. The number of hydrogen-bond donors (Lipinski definition) is 1. The second-order valence-electron chi connectivity index (χ2n) is 6.76. The Labute approximate surface area is 166 Å². The van der Waals surface area contributed by atoms with Crippen molar-refractivity contribution in [3.63, 3.8) is 0 Å². The minimum Gasteiger partial charge on any atom is -0.336 e. The summed E-state index contributed by atoms with van der Waals surface area (Å²) in [6.45, 7) is 3.64. The van der Waals surface area contributed by atoms with Gasteiger partial charge in [0.2, 0.25) is 5.56 Å². The Hall–Kier alpha value is -2.77. The summed E-state index contributed by atoms with van der Waals surface area (Å²) in [4.78, 5) is 32.4.